The highest BCUT2D eigenvalue weighted by molar-refractivity contribution is 6.02. The van der Waals surface area contributed by atoms with Gasteiger partial charge in [-0.1, -0.05) is 48.5 Å². The number of likely N-dealkylation sites (tertiary alicyclic amines) is 1. The van der Waals surface area contributed by atoms with E-state index in [9.17, 15) is 19.2 Å². The maximum absolute atomic E-state index is 13.3. The van der Waals surface area contributed by atoms with E-state index in [0.29, 0.717) is 11.9 Å². The van der Waals surface area contributed by atoms with Gasteiger partial charge >= 0.3 is 18.2 Å². The van der Waals surface area contributed by atoms with Crippen LogP contribution in [0.2, 0.25) is 0 Å². The molecule has 0 spiro atoms. The summed E-state index contributed by atoms with van der Waals surface area (Å²) in [7, 11) is 1.40. The van der Waals surface area contributed by atoms with E-state index in [0.717, 1.165) is 10.9 Å². The number of pyridine rings is 1. The monoisotopic (exact) mass is 577 g/mol. The zero-order valence-electron chi connectivity index (χ0n) is 24.1. The molecule has 11 nitrogen and oxygen atoms in total. The fourth-order valence-electron chi connectivity index (χ4n) is 4.55. The van der Waals surface area contributed by atoms with E-state index in [2.05, 4.69) is 10.3 Å². The highest BCUT2D eigenvalue weighted by Gasteiger charge is 2.40. The Balaban J connectivity index is 1.43. The fourth-order valence-corrected chi connectivity index (χ4v) is 4.55. The predicted molar refractivity (Wildman–Crippen MR) is 153 cm³/mol. The number of amides is 2. The van der Waals surface area contributed by atoms with Gasteiger partial charge in [-0.25, -0.2) is 19.4 Å². The number of ketones is 1. The summed E-state index contributed by atoms with van der Waals surface area (Å²) in [5.74, 6) is -1.20. The second kappa shape index (κ2) is 13.3. The molecule has 1 aliphatic heterocycles. The maximum Gasteiger partial charge on any atom is 0.411 e. The Labute approximate surface area is 244 Å². The molecule has 1 N–H and O–H groups in total. The summed E-state index contributed by atoms with van der Waals surface area (Å²) in [6.45, 7) is 4.78. The molecule has 42 heavy (non-hydrogen) atoms. The molecule has 0 radical (unpaired) electrons. The van der Waals surface area contributed by atoms with Crippen LogP contribution in [0.25, 0.3) is 10.9 Å². The Hall–Kier alpha value is -4.67. The Morgan fingerprint density at radius 3 is 2.43 bits per heavy atom. The van der Waals surface area contributed by atoms with Crippen molar-refractivity contribution in [2.75, 3.05) is 20.3 Å². The molecule has 2 aromatic carbocycles. The zero-order valence-corrected chi connectivity index (χ0v) is 24.1. The number of benzene rings is 2. The standard InChI is InChI=1S/C31H35N3O8/c1-31(2,3)42-30(38)34-15-14-22(32-29(37)41-18-20-10-6-5-7-11-20)17-25(34)28(36)40-19-26(35)23-16-21-12-8-9-13-24(21)33-27(23)39-4/h5-13,16,22,25H,14-15,17-19H2,1-4H3,(H,32,37). The van der Waals surface area contributed by atoms with Crippen LogP contribution in [-0.2, 0) is 25.6 Å². The van der Waals surface area contributed by atoms with Crippen LogP contribution in [0.15, 0.2) is 60.7 Å². The molecule has 0 bridgehead atoms. The van der Waals surface area contributed by atoms with E-state index in [1.807, 2.05) is 48.5 Å². The molecule has 4 rings (SSSR count). The van der Waals surface area contributed by atoms with Gasteiger partial charge in [-0.15, -0.1) is 0 Å². The number of carbonyl (C=O) groups is 4. The molecule has 1 aromatic heterocycles. The van der Waals surface area contributed by atoms with E-state index in [-0.39, 0.29) is 31.0 Å². The minimum absolute atomic E-state index is 0.0492. The van der Waals surface area contributed by atoms with Gasteiger partial charge in [0.25, 0.3) is 0 Å². The molecule has 3 aromatic rings. The number of fused-ring (bicyclic) bond motifs is 1. The molecular weight excluding hydrogens is 542 g/mol. The molecule has 2 unspecified atom stereocenters. The number of rotatable bonds is 8. The van der Waals surface area contributed by atoms with E-state index < -0.39 is 48.2 Å². The number of hydrogen-bond donors (Lipinski definition) is 1. The summed E-state index contributed by atoms with van der Waals surface area (Å²) in [4.78, 5) is 57.5. The van der Waals surface area contributed by atoms with Gasteiger partial charge in [0, 0.05) is 18.0 Å². The van der Waals surface area contributed by atoms with Gasteiger partial charge in [0.2, 0.25) is 11.7 Å². The number of Topliss-reactive ketones (excluding diaryl/α,β-unsaturated/α-hetero) is 1. The van der Waals surface area contributed by atoms with Crippen LogP contribution in [0, 0.1) is 0 Å². The Bertz CT molecular complexity index is 1440. The molecule has 2 amide bonds. The quantitative estimate of drug-likeness (QED) is 0.230. The van der Waals surface area contributed by atoms with E-state index in [4.69, 9.17) is 18.9 Å². The van der Waals surface area contributed by atoms with Crippen LogP contribution < -0.4 is 10.1 Å². The second-order valence-electron chi connectivity index (χ2n) is 10.9. The van der Waals surface area contributed by atoms with Crippen molar-refractivity contribution in [1.82, 2.24) is 15.2 Å². The molecule has 0 saturated carbocycles. The lowest BCUT2D eigenvalue weighted by Gasteiger charge is -2.38. The number of para-hydroxylation sites is 1. The summed E-state index contributed by atoms with van der Waals surface area (Å²) < 4.78 is 21.5. The van der Waals surface area contributed by atoms with E-state index in [1.165, 1.54) is 12.0 Å². The maximum atomic E-state index is 13.3. The van der Waals surface area contributed by atoms with Crippen molar-refractivity contribution in [2.24, 2.45) is 0 Å². The van der Waals surface area contributed by atoms with Crippen molar-refractivity contribution in [3.05, 3.63) is 71.8 Å². The summed E-state index contributed by atoms with van der Waals surface area (Å²) in [6.07, 6.45) is -0.926. The van der Waals surface area contributed by atoms with Gasteiger partial charge in [0.15, 0.2) is 6.61 Å². The summed E-state index contributed by atoms with van der Waals surface area (Å²) in [5.41, 5.74) is 0.852. The van der Waals surface area contributed by atoms with E-state index in [1.54, 1.807) is 32.9 Å². The molecule has 222 valence electrons. The molecule has 1 saturated heterocycles. The Morgan fingerprint density at radius 1 is 1.00 bits per heavy atom. The van der Waals surface area contributed by atoms with Gasteiger partial charge in [-0.2, -0.15) is 0 Å². The summed E-state index contributed by atoms with van der Waals surface area (Å²) in [5, 5.41) is 3.49. The molecule has 2 heterocycles. The van der Waals surface area contributed by atoms with Crippen molar-refractivity contribution < 1.29 is 38.1 Å². The van der Waals surface area contributed by atoms with Crippen molar-refractivity contribution in [1.29, 1.82) is 0 Å². The third-order valence-corrected chi connectivity index (χ3v) is 6.57. The lowest BCUT2D eigenvalue weighted by Crippen LogP contribution is -2.56. The first kappa shape index (κ1) is 30.3. The first-order chi connectivity index (χ1) is 20.0. The predicted octanol–water partition coefficient (Wildman–Crippen LogP) is 4.66. The number of ether oxygens (including phenoxy) is 4. The van der Waals surface area contributed by atoms with Crippen LogP contribution in [0.4, 0.5) is 9.59 Å². The average molecular weight is 578 g/mol. The van der Waals surface area contributed by atoms with Crippen molar-refractivity contribution in [3.63, 3.8) is 0 Å². The molecular formula is C31H35N3O8. The first-order valence-electron chi connectivity index (χ1n) is 13.6. The first-order valence-corrected chi connectivity index (χ1v) is 13.6. The normalized spacial score (nSPS) is 16.8. The Morgan fingerprint density at radius 2 is 1.71 bits per heavy atom. The Kier molecular flexibility index (Phi) is 9.61. The van der Waals surface area contributed by atoms with Crippen molar-refractivity contribution in [3.8, 4) is 5.88 Å². The minimum Gasteiger partial charge on any atom is -0.480 e. The van der Waals surface area contributed by atoms with Crippen LogP contribution >= 0.6 is 0 Å². The lowest BCUT2D eigenvalue weighted by molar-refractivity contribution is -0.150. The zero-order chi connectivity index (χ0) is 30.3. The number of aromatic nitrogens is 1. The number of methoxy groups -OCH3 is 1. The number of alkyl carbamates (subject to hydrolysis) is 1. The molecule has 0 aliphatic carbocycles. The number of nitrogens with one attached hydrogen (secondary N) is 1. The number of carbonyl (C=O) groups excluding carboxylic acids is 4. The lowest BCUT2D eigenvalue weighted by atomic mass is 9.97. The third kappa shape index (κ3) is 7.96. The molecule has 1 fully saturated rings. The molecule has 11 heteroatoms. The van der Waals surface area contributed by atoms with E-state index >= 15 is 0 Å². The van der Waals surface area contributed by atoms with Gasteiger partial charge < -0.3 is 24.3 Å². The fraction of sp³-hybridized carbons (Fsp3) is 0.387. The molecule has 2 atom stereocenters. The SMILES string of the molecule is COc1nc2ccccc2cc1C(=O)COC(=O)C1CC(NC(=O)OCc2ccccc2)CCN1C(=O)OC(C)(C)C. The topological polar surface area (TPSA) is 133 Å². The minimum atomic E-state index is -1.10. The summed E-state index contributed by atoms with van der Waals surface area (Å²) >= 11 is 0. The van der Waals surface area contributed by atoms with Gasteiger partial charge in [-0.3, -0.25) is 9.69 Å². The highest BCUT2D eigenvalue weighted by atomic mass is 16.6. The van der Waals surface area contributed by atoms with Crippen molar-refractivity contribution >= 4 is 34.8 Å². The molecule has 1 aliphatic rings. The van der Waals surface area contributed by atoms with Gasteiger partial charge in [0.1, 0.15) is 18.2 Å². The second-order valence-corrected chi connectivity index (χ2v) is 10.9. The average Bonchev–Trinajstić information content (AvgIpc) is 2.97. The number of esters is 1. The highest BCUT2D eigenvalue weighted by Crippen LogP contribution is 2.25. The van der Waals surface area contributed by atoms with Crippen LogP contribution in [0.3, 0.4) is 0 Å². The third-order valence-electron chi connectivity index (χ3n) is 6.57. The van der Waals surface area contributed by atoms with Gasteiger partial charge in [0.05, 0.1) is 18.2 Å². The van der Waals surface area contributed by atoms with Gasteiger partial charge in [-0.05, 0) is 51.3 Å². The largest absolute Gasteiger partial charge is 0.480 e. The smallest absolute Gasteiger partial charge is 0.411 e. The summed E-state index contributed by atoms with van der Waals surface area (Å²) in [6, 6.07) is 16.5. The van der Waals surface area contributed by atoms with Crippen molar-refractivity contribution in [2.45, 2.75) is 57.9 Å². The number of piperidine rings is 1. The number of hydrogen-bond acceptors (Lipinski definition) is 9. The number of nitrogens with zero attached hydrogens (tertiary/aromatic N) is 2. The van der Waals surface area contributed by atoms with Crippen LogP contribution in [0.5, 0.6) is 5.88 Å². The van der Waals surface area contributed by atoms with Crippen LogP contribution in [-0.4, -0.2) is 71.8 Å². The van der Waals surface area contributed by atoms with Crippen LogP contribution in [0.1, 0.15) is 49.5 Å².